The first-order chi connectivity index (χ1) is 8.19. The highest BCUT2D eigenvalue weighted by atomic mass is 16.6. The SMILES string of the molecule is CC(=O)OC1CCC(C)(C)C23C=CC2(C)OC13C. The maximum atomic E-state index is 11.3. The fraction of sp³-hybridized carbons (Fsp3) is 0.800. The first-order valence-corrected chi connectivity index (χ1v) is 6.76. The predicted octanol–water partition coefficient (Wildman–Crippen LogP) is 2.84. The van der Waals surface area contributed by atoms with Crippen LogP contribution in [0, 0.1) is 10.8 Å². The van der Waals surface area contributed by atoms with E-state index >= 15 is 0 Å². The Labute approximate surface area is 109 Å². The van der Waals surface area contributed by atoms with Crippen LogP contribution in [0.2, 0.25) is 0 Å². The molecule has 2 aliphatic carbocycles. The Morgan fingerprint density at radius 1 is 1.28 bits per heavy atom. The van der Waals surface area contributed by atoms with Crippen LogP contribution < -0.4 is 0 Å². The number of carbonyl (C=O) groups is 1. The van der Waals surface area contributed by atoms with Gasteiger partial charge in [-0.3, -0.25) is 4.79 Å². The number of rotatable bonds is 1. The van der Waals surface area contributed by atoms with Gasteiger partial charge in [0, 0.05) is 6.92 Å². The van der Waals surface area contributed by atoms with Crippen LogP contribution in [0.25, 0.3) is 0 Å². The molecule has 3 rings (SSSR count). The monoisotopic (exact) mass is 250 g/mol. The molecule has 18 heavy (non-hydrogen) atoms. The van der Waals surface area contributed by atoms with Gasteiger partial charge in [0.15, 0.2) is 0 Å². The summed E-state index contributed by atoms with van der Waals surface area (Å²) in [5.74, 6) is -0.211. The summed E-state index contributed by atoms with van der Waals surface area (Å²) in [5.41, 5.74) is -0.362. The van der Waals surface area contributed by atoms with Crippen LogP contribution in [0.3, 0.4) is 0 Å². The van der Waals surface area contributed by atoms with Crippen LogP contribution in [0.1, 0.15) is 47.5 Å². The van der Waals surface area contributed by atoms with Crippen LogP contribution >= 0.6 is 0 Å². The fourth-order valence-corrected chi connectivity index (χ4v) is 4.96. The number of hydrogen-bond acceptors (Lipinski definition) is 3. The molecule has 0 aromatic rings. The summed E-state index contributed by atoms with van der Waals surface area (Å²) in [6.07, 6.45) is 6.25. The highest BCUT2D eigenvalue weighted by Crippen LogP contribution is 2.76. The summed E-state index contributed by atoms with van der Waals surface area (Å²) in [4.78, 5) is 11.3. The number of hydrogen-bond donors (Lipinski definition) is 0. The molecule has 3 heteroatoms. The second-order valence-electron chi connectivity index (χ2n) is 6.98. The molecule has 0 aromatic heterocycles. The zero-order valence-corrected chi connectivity index (χ0v) is 11.9. The van der Waals surface area contributed by atoms with Gasteiger partial charge >= 0.3 is 5.97 Å². The molecule has 4 unspecified atom stereocenters. The van der Waals surface area contributed by atoms with E-state index in [1.54, 1.807) is 0 Å². The van der Waals surface area contributed by atoms with Crippen molar-refractivity contribution in [2.75, 3.05) is 0 Å². The van der Waals surface area contributed by atoms with Crippen LogP contribution in [0.15, 0.2) is 12.2 Å². The Morgan fingerprint density at radius 3 is 2.39 bits per heavy atom. The zero-order valence-electron chi connectivity index (χ0n) is 11.9. The molecule has 1 saturated heterocycles. The lowest BCUT2D eigenvalue weighted by Crippen LogP contribution is -2.86. The molecule has 1 heterocycles. The molecule has 1 spiro atoms. The Bertz CT molecular complexity index is 453. The van der Waals surface area contributed by atoms with E-state index in [0.29, 0.717) is 0 Å². The van der Waals surface area contributed by atoms with Crippen molar-refractivity contribution in [3.8, 4) is 0 Å². The first kappa shape index (κ1) is 12.2. The third-order valence-electron chi connectivity index (χ3n) is 5.66. The summed E-state index contributed by atoms with van der Waals surface area (Å²) in [7, 11) is 0. The smallest absolute Gasteiger partial charge is 0.303 e. The summed E-state index contributed by atoms with van der Waals surface area (Å²) >= 11 is 0. The van der Waals surface area contributed by atoms with Crippen molar-refractivity contribution >= 4 is 5.97 Å². The molecule has 1 saturated carbocycles. The van der Waals surface area contributed by atoms with Gasteiger partial charge in [0.25, 0.3) is 0 Å². The van der Waals surface area contributed by atoms with Gasteiger partial charge in [0.1, 0.15) is 11.7 Å². The minimum atomic E-state index is -0.371. The van der Waals surface area contributed by atoms with E-state index in [1.165, 1.54) is 6.92 Å². The van der Waals surface area contributed by atoms with E-state index in [1.807, 2.05) is 0 Å². The van der Waals surface area contributed by atoms with Crippen molar-refractivity contribution in [1.82, 2.24) is 0 Å². The molecule has 2 fully saturated rings. The molecule has 0 bridgehead atoms. The van der Waals surface area contributed by atoms with Gasteiger partial charge in [-0.1, -0.05) is 26.0 Å². The van der Waals surface area contributed by atoms with Crippen molar-refractivity contribution < 1.29 is 14.3 Å². The molecule has 0 aromatic carbocycles. The van der Waals surface area contributed by atoms with Crippen molar-refractivity contribution in [1.29, 1.82) is 0 Å². The number of carbonyl (C=O) groups excluding carboxylic acids is 1. The van der Waals surface area contributed by atoms with Crippen molar-refractivity contribution in [3.63, 3.8) is 0 Å². The van der Waals surface area contributed by atoms with E-state index in [9.17, 15) is 4.79 Å². The van der Waals surface area contributed by atoms with Gasteiger partial charge < -0.3 is 9.47 Å². The molecule has 0 amide bonds. The summed E-state index contributed by atoms with van der Waals surface area (Å²) in [6.45, 7) is 10.3. The summed E-state index contributed by atoms with van der Waals surface area (Å²) in [5, 5.41) is 0. The zero-order chi connectivity index (χ0) is 13.4. The number of esters is 1. The summed E-state index contributed by atoms with van der Waals surface area (Å²) in [6, 6.07) is 0. The third kappa shape index (κ3) is 1.00. The van der Waals surface area contributed by atoms with Crippen molar-refractivity contribution in [2.24, 2.45) is 10.8 Å². The maximum absolute atomic E-state index is 11.3. The normalized spacial score (nSPS) is 51.5. The first-order valence-electron chi connectivity index (χ1n) is 6.76. The van der Waals surface area contributed by atoms with E-state index in [0.717, 1.165) is 12.8 Å². The Kier molecular flexibility index (Phi) is 2.04. The van der Waals surface area contributed by atoms with Crippen LogP contribution in [0.5, 0.6) is 0 Å². The lowest BCUT2D eigenvalue weighted by atomic mass is 9.37. The van der Waals surface area contributed by atoms with Crippen LogP contribution in [-0.2, 0) is 14.3 Å². The highest BCUT2D eigenvalue weighted by Gasteiger charge is 2.82. The Balaban J connectivity index is 2.02. The van der Waals surface area contributed by atoms with Gasteiger partial charge in [-0.05, 0) is 32.1 Å². The van der Waals surface area contributed by atoms with Crippen molar-refractivity contribution in [2.45, 2.75) is 64.8 Å². The second-order valence-corrected chi connectivity index (χ2v) is 6.98. The number of ether oxygens (including phenoxy) is 2. The van der Waals surface area contributed by atoms with Gasteiger partial charge in [0.2, 0.25) is 0 Å². The quantitative estimate of drug-likeness (QED) is 0.530. The molecule has 100 valence electrons. The van der Waals surface area contributed by atoms with Gasteiger partial charge in [-0.2, -0.15) is 0 Å². The molecule has 3 aliphatic rings. The maximum Gasteiger partial charge on any atom is 0.303 e. The van der Waals surface area contributed by atoms with Gasteiger partial charge in [-0.25, -0.2) is 0 Å². The summed E-state index contributed by atoms with van der Waals surface area (Å²) < 4.78 is 11.7. The second kappa shape index (κ2) is 3.01. The average molecular weight is 250 g/mol. The molecule has 0 N–H and O–H groups in total. The van der Waals surface area contributed by atoms with Gasteiger partial charge in [0.05, 0.1) is 11.0 Å². The lowest BCUT2D eigenvalue weighted by molar-refractivity contribution is -0.414. The van der Waals surface area contributed by atoms with Gasteiger partial charge in [-0.15, -0.1) is 0 Å². The standard InChI is InChI=1S/C15H22O3/c1-10(16)17-11-6-7-12(2,3)15-9-8-13(15,4)18-14(11,15)5/h8-9,11H,6-7H2,1-5H3. The average Bonchev–Trinajstić information content (AvgIpc) is 2.20. The highest BCUT2D eigenvalue weighted by molar-refractivity contribution is 5.66. The van der Waals surface area contributed by atoms with E-state index < -0.39 is 0 Å². The van der Waals surface area contributed by atoms with Crippen molar-refractivity contribution in [3.05, 3.63) is 12.2 Å². The minimum absolute atomic E-state index is 0.00532. The fourth-order valence-electron chi connectivity index (χ4n) is 4.96. The Hall–Kier alpha value is -0.830. The topological polar surface area (TPSA) is 35.5 Å². The predicted molar refractivity (Wildman–Crippen MR) is 68.0 cm³/mol. The largest absolute Gasteiger partial charge is 0.459 e. The van der Waals surface area contributed by atoms with E-state index in [4.69, 9.17) is 9.47 Å². The van der Waals surface area contributed by atoms with Crippen LogP contribution in [0.4, 0.5) is 0 Å². The Morgan fingerprint density at radius 2 is 1.94 bits per heavy atom. The molecule has 0 radical (unpaired) electrons. The van der Waals surface area contributed by atoms with E-state index in [2.05, 4.69) is 39.8 Å². The van der Waals surface area contributed by atoms with Crippen LogP contribution in [-0.4, -0.2) is 23.3 Å². The molecule has 4 atom stereocenters. The third-order valence-corrected chi connectivity index (χ3v) is 5.66. The molecule has 1 aliphatic heterocycles. The molecular formula is C15H22O3. The molecule has 3 nitrogen and oxygen atoms in total. The van der Waals surface area contributed by atoms with E-state index in [-0.39, 0.29) is 34.1 Å². The minimum Gasteiger partial charge on any atom is -0.459 e. The lowest BCUT2D eigenvalue weighted by Gasteiger charge is -2.79. The molecular weight excluding hydrogens is 228 g/mol.